The van der Waals surface area contributed by atoms with Gasteiger partial charge in [0.15, 0.2) is 0 Å². The van der Waals surface area contributed by atoms with Crippen LogP contribution in [-0.2, 0) is 4.79 Å². The first-order chi connectivity index (χ1) is 9.01. The molecule has 2 amide bonds. The van der Waals surface area contributed by atoms with Crippen molar-refractivity contribution in [1.82, 2.24) is 10.2 Å². The van der Waals surface area contributed by atoms with Crippen molar-refractivity contribution in [2.24, 2.45) is 5.92 Å². The topological polar surface area (TPSA) is 49.4 Å². The Morgan fingerprint density at radius 1 is 1.32 bits per heavy atom. The number of hydrogen-bond donors (Lipinski definition) is 1. The number of carbonyl (C=O) groups excluding carboxylic acids is 2. The summed E-state index contributed by atoms with van der Waals surface area (Å²) in [7, 11) is 0. The predicted molar refractivity (Wildman–Crippen MR) is 78.3 cm³/mol. The maximum absolute atomic E-state index is 12.4. The van der Waals surface area contributed by atoms with Gasteiger partial charge in [-0.15, -0.1) is 11.3 Å². The molecule has 0 bridgehead atoms. The Bertz CT molecular complexity index is 411. The summed E-state index contributed by atoms with van der Waals surface area (Å²) in [6, 6.07) is 3.13. The maximum Gasteiger partial charge on any atom is 0.262 e. The lowest BCUT2D eigenvalue weighted by Gasteiger charge is -2.28. The van der Waals surface area contributed by atoms with Crippen LogP contribution in [0.1, 0.15) is 37.4 Å². The zero-order valence-electron chi connectivity index (χ0n) is 12.0. The zero-order chi connectivity index (χ0) is 14.4. The molecule has 106 valence electrons. The van der Waals surface area contributed by atoms with Gasteiger partial charge in [0.1, 0.15) is 6.04 Å². The number of nitrogens with one attached hydrogen (secondary N) is 1. The highest BCUT2D eigenvalue weighted by atomic mass is 32.1. The summed E-state index contributed by atoms with van der Waals surface area (Å²) in [5.41, 5.74) is 0. The van der Waals surface area contributed by atoms with E-state index < -0.39 is 6.04 Å². The third-order valence-corrected chi connectivity index (χ3v) is 3.91. The van der Waals surface area contributed by atoms with E-state index in [-0.39, 0.29) is 17.7 Å². The summed E-state index contributed by atoms with van der Waals surface area (Å²) in [5.74, 6) is -0.115. The average Bonchev–Trinajstić information content (AvgIpc) is 2.90. The minimum Gasteiger partial charge on any atom is -0.341 e. The van der Waals surface area contributed by atoms with Crippen molar-refractivity contribution in [3.63, 3.8) is 0 Å². The van der Waals surface area contributed by atoms with E-state index >= 15 is 0 Å². The number of hydrogen-bond acceptors (Lipinski definition) is 3. The molecule has 0 radical (unpaired) electrons. The lowest BCUT2D eigenvalue weighted by atomic mass is 10.0. The summed E-state index contributed by atoms with van der Waals surface area (Å²) in [5, 5.41) is 4.70. The quantitative estimate of drug-likeness (QED) is 0.871. The fourth-order valence-electron chi connectivity index (χ4n) is 1.87. The van der Waals surface area contributed by atoms with Crippen LogP contribution in [0.5, 0.6) is 0 Å². The third-order valence-electron chi connectivity index (χ3n) is 3.04. The Balaban J connectivity index is 2.78. The molecule has 5 heteroatoms. The van der Waals surface area contributed by atoms with Gasteiger partial charge >= 0.3 is 0 Å². The maximum atomic E-state index is 12.4. The highest BCUT2D eigenvalue weighted by molar-refractivity contribution is 7.12. The molecule has 1 rings (SSSR count). The highest BCUT2D eigenvalue weighted by Crippen LogP contribution is 2.11. The second kappa shape index (κ2) is 7.28. The van der Waals surface area contributed by atoms with Crippen LogP contribution in [0.3, 0.4) is 0 Å². The standard InChI is InChI=1S/C14H22N2O2S/c1-5-16(6-2)14(18)12(10(3)4)15-13(17)11-8-7-9-19-11/h7-10,12H,5-6H2,1-4H3,(H,15,17). The van der Waals surface area contributed by atoms with Gasteiger partial charge in [-0.1, -0.05) is 19.9 Å². The second-order valence-corrected chi connectivity index (χ2v) is 5.63. The molecule has 1 aromatic rings. The molecule has 1 aromatic heterocycles. The first-order valence-electron chi connectivity index (χ1n) is 6.64. The second-order valence-electron chi connectivity index (χ2n) is 4.68. The normalized spacial score (nSPS) is 12.3. The van der Waals surface area contributed by atoms with Gasteiger partial charge in [-0.2, -0.15) is 0 Å². The molecular weight excluding hydrogens is 260 g/mol. The van der Waals surface area contributed by atoms with Gasteiger partial charge in [0.25, 0.3) is 5.91 Å². The van der Waals surface area contributed by atoms with Gasteiger partial charge in [0, 0.05) is 13.1 Å². The number of likely N-dealkylation sites (N-methyl/N-ethyl adjacent to an activating group) is 1. The van der Waals surface area contributed by atoms with E-state index in [1.807, 2.05) is 39.1 Å². The molecule has 1 heterocycles. The molecule has 1 unspecified atom stereocenters. The molecule has 0 saturated heterocycles. The fourth-order valence-corrected chi connectivity index (χ4v) is 2.49. The average molecular weight is 282 g/mol. The van der Waals surface area contributed by atoms with Crippen molar-refractivity contribution in [3.8, 4) is 0 Å². The zero-order valence-corrected chi connectivity index (χ0v) is 12.8. The largest absolute Gasteiger partial charge is 0.341 e. The van der Waals surface area contributed by atoms with E-state index in [4.69, 9.17) is 0 Å². The van der Waals surface area contributed by atoms with Crippen molar-refractivity contribution in [1.29, 1.82) is 0 Å². The number of amides is 2. The highest BCUT2D eigenvalue weighted by Gasteiger charge is 2.27. The van der Waals surface area contributed by atoms with Crippen molar-refractivity contribution in [2.75, 3.05) is 13.1 Å². The first-order valence-corrected chi connectivity index (χ1v) is 7.52. The minimum absolute atomic E-state index is 0.00935. The lowest BCUT2D eigenvalue weighted by Crippen LogP contribution is -2.51. The Morgan fingerprint density at radius 3 is 2.37 bits per heavy atom. The number of thiophene rings is 1. The molecule has 4 nitrogen and oxygen atoms in total. The van der Waals surface area contributed by atoms with Crippen LogP contribution in [-0.4, -0.2) is 35.8 Å². The van der Waals surface area contributed by atoms with Gasteiger partial charge in [-0.05, 0) is 31.2 Å². The van der Waals surface area contributed by atoms with Crippen molar-refractivity contribution >= 4 is 23.2 Å². The Labute approximate surface area is 118 Å². The SMILES string of the molecule is CCN(CC)C(=O)C(NC(=O)c1cccs1)C(C)C. The number of carbonyl (C=O) groups is 2. The van der Waals surface area contributed by atoms with Crippen LogP contribution in [0.25, 0.3) is 0 Å². The van der Waals surface area contributed by atoms with E-state index in [0.29, 0.717) is 18.0 Å². The number of rotatable bonds is 6. The van der Waals surface area contributed by atoms with Crippen LogP contribution in [0, 0.1) is 5.92 Å². The summed E-state index contributed by atoms with van der Waals surface area (Å²) >= 11 is 1.38. The van der Waals surface area contributed by atoms with Gasteiger partial charge in [0.05, 0.1) is 4.88 Å². The molecule has 0 spiro atoms. The van der Waals surface area contributed by atoms with Crippen LogP contribution in [0.15, 0.2) is 17.5 Å². The Morgan fingerprint density at radius 2 is 1.95 bits per heavy atom. The minimum atomic E-state index is -0.463. The van der Waals surface area contributed by atoms with Crippen molar-refractivity contribution in [2.45, 2.75) is 33.7 Å². The molecule has 0 aromatic carbocycles. The molecule has 1 N–H and O–H groups in total. The van der Waals surface area contributed by atoms with E-state index in [1.165, 1.54) is 11.3 Å². The lowest BCUT2D eigenvalue weighted by molar-refractivity contribution is -0.133. The predicted octanol–water partition coefficient (Wildman–Crippen LogP) is 2.37. The third kappa shape index (κ3) is 4.06. The van der Waals surface area contributed by atoms with Crippen LogP contribution in [0.4, 0.5) is 0 Å². The Kier molecular flexibility index (Phi) is 6.02. The number of nitrogens with zero attached hydrogens (tertiary/aromatic N) is 1. The summed E-state index contributed by atoms with van der Waals surface area (Å²) in [6.45, 7) is 9.10. The molecule has 0 fully saturated rings. The molecule has 1 atom stereocenters. The van der Waals surface area contributed by atoms with Crippen molar-refractivity contribution in [3.05, 3.63) is 22.4 Å². The van der Waals surface area contributed by atoms with Crippen LogP contribution in [0.2, 0.25) is 0 Å². The summed E-state index contributed by atoms with van der Waals surface area (Å²) in [6.07, 6.45) is 0. The van der Waals surface area contributed by atoms with E-state index in [2.05, 4.69) is 5.32 Å². The molecule has 0 aliphatic rings. The summed E-state index contributed by atoms with van der Waals surface area (Å²) < 4.78 is 0. The van der Waals surface area contributed by atoms with Gasteiger partial charge in [-0.25, -0.2) is 0 Å². The fraction of sp³-hybridized carbons (Fsp3) is 0.571. The van der Waals surface area contributed by atoms with E-state index in [1.54, 1.807) is 11.0 Å². The molecule has 0 aliphatic heterocycles. The Hall–Kier alpha value is -1.36. The molecule has 19 heavy (non-hydrogen) atoms. The van der Waals surface area contributed by atoms with Gasteiger partial charge in [0.2, 0.25) is 5.91 Å². The van der Waals surface area contributed by atoms with Crippen molar-refractivity contribution < 1.29 is 9.59 Å². The molecule has 0 aliphatic carbocycles. The molecule has 0 saturated carbocycles. The monoisotopic (exact) mass is 282 g/mol. The van der Waals surface area contributed by atoms with Crippen LogP contribution < -0.4 is 5.32 Å². The van der Waals surface area contributed by atoms with Gasteiger partial charge < -0.3 is 10.2 Å². The van der Waals surface area contributed by atoms with Gasteiger partial charge in [-0.3, -0.25) is 9.59 Å². The van der Waals surface area contributed by atoms with E-state index in [9.17, 15) is 9.59 Å². The summed E-state index contributed by atoms with van der Waals surface area (Å²) in [4.78, 5) is 26.8. The first kappa shape index (κ1) is 15.7. The smallest absolute Gasteiger partial charge is 0.262 e. The van der Waals surface area contributed by atoms with E-state index in [0.717, 1.165) is 0 Å². The van der Waals surface area contributed by atoms with Crippen LogP contribution >= 0.6 is 11.3 Å². The molecular formula is C14H22N2O2S.